The van der Waals surface area contributed by atoms with Gasteiger partial charge in [0.15, 0.2) is 0 Å². The minimum atomic E-state index is -4.45. The first kappa shape index (κ1) is 15.3. The topological polar surface area (TPSA) is 33.4 Å². The van der Waals surface area contributed by atoms with Crippen molar-refractivity contribution >= 4 is 5.78 Å². The molecule has 3 rings (SSSR count). The van der Waals surface area contributed by atoms with Gasteiger partial charge in [-0.25, -0.2) is 9.97 Å². The molecular weight excluding hydrogens is 293 g/mol. The van der Waals surface area contributed by atoms with Crippen molar-refractivity contribution in [3.63, 3.8) is 0 Å². The average Bonchev–Trinajstić information content (AvgIpc) is 2.93. The van der Waals surface area contributed by atoms with E-state index in [1.54, 1.807) is 10.6 Å². The lowest BCUT2D eigenvalue weighted by Gasteiger charge is -2.35. The molecule has 0 bridgehead atoms. The number of fused-ring (bicyclic) bond motifs is 1. The standard InChI is InChI=1S/C15H19F3N4/c1-10(2)21-6-3-4-11(9-21)12-8-13(15(16,17)18)20-14-19-5-7-22(12)14/h5,7-8,10-11H,3-4,6,9H2,1-2H3/t11-/m0/s1. The molecule has 1 aliphatic heterocycles. The molecule has 2 aromatic heterocycles. The van der Waals surface area contributed by atoms with Gasteiger partial charge in [0.25, 0.3) is 0 Å². The Labute approximate surface area is 127 Å². The number of aromatic nitrogens is 3. The molecule has 0 amide bonds. The fraction of sp³-hybridized carbons (Fsp3) is 0.600. The Morgan fingerprint density at radius 2 is 2.09 bits per heavy atom. The third-order valence-electron chi connectivity index (χ3n) is 4.30. The number of hydrogen-bond acceptors (Lipinski definition) is 3. The van der Waals surface area contributed by atoms with E-state index < -0.39 is 11.9 Å². The molecule has 2 aromatic rings. The van der Waals surface area contributed by atoms with Crippen LogP contribution in [0, 0.1) is 0 Å². The van der Waals surface area contributed by atoms with Crippen molar-refractivity contribution in [2.24, 2.45) is 0 Å². The summed E-state index contributed by atoms with van der Waals surface area (Å²) in [7, 11) is 0. The van der Waals surface area contributed by atoms with Crippen LogP contribution >= 0.6 is 0 Å². The van der Waals surface area contributed by atoms with Crippen LogP contribution < -0.4 is 0 Å². The van der Waals surface area contributed by atoms with Crippen molar-refractivity contribution in [2.75, 3.05) is 13.1 Å². The monoisotopic (exact) mass is 312 g/mol. The lowest BCUT2D eigenvalue weighted by atomic mass is 9.93. The lowest BCUT2D eigenvalue weighted by Crippen LogP contribution is -2.39. The van der Waals surface area contributed by atoms with E-state index in [2.05, 4.69) is 28.7 Å². The van der Waals surface area contributed by atoms with Gasteiger partial charge in [0.05, 0.1) is 0 Å². The molecule has 1 saturated heterocycles. The number of hydrogen-bond donors (Lipinski definition) is 0. The molecule has 1 atom stereocenters. The molecule has 0 N–H and O–H groups in total. The Balaban J connectivity index is 2.03. The zero-order valence-corrected chi connectivity index (χ0v) is 12.6. The van der Waals surface area contributed by atoms with Gasteiger partial charge >= 0.3 is 6.18 Å². The van der Waals surface area contributed by atoms with E-state index in [-0.39, 0.29) is 11.7 Å². The molecule has 120 valence electrons. The number of halogens is 3. The van der Waals surface area contributed by atoms with E-state index >= 15 is 0 Å². The van der Waals surface area contributed by atoms with Gasteiger partial charge < -0.3 is 4.90 Å². The summed E-state index contributed by atoms with van der Waals surface area (Å²) in [6.07, 6.45) is 0.608. The number of imidazole rings is 1. The van der Waals surface area contributed by atoms with E-state index in [4.69, 9.17) is 0 Å². The largest absolute Gasteiger partial charge is 0.433 e. The predicted octanol–water partition coefficient (Wildman–Crippen LogP) is 3.34. The molecule has 0 aromatic carbocycles. The van der Waals surface area contributed by atoms with Crippen LogP contribution in [0.25, 0.3) is 5.78 Å². The molecule has 3 heterocycles. The van der Waals surface area contributed by atoms with Gasteiger partial charge in [-0.05, 0) is 39.3 Å². The fourth-order valence-electron chi connectivity index (χ4n) is 3.11. The van der Waals surface area contributed by atoms with Crippen LogP contribution in [-0.2, 0) is 6.18 Å². The maximum Gasteiger partial charge on any atom is 0.433 e. The predicted molar refractivity (Wildman–Crippen MR) is 76.7 cm³/mol. The summed E-state index contributed by atoms with van der Waals surface area (Å²) in [5, 5.41) is 0. The Hall–Kier alpha value is -1.63. The second-order valence-corrected chi connectivity index (χ2v) is 6.09. The summed E-state index contributed by atoms with van der Waals surface area (Å²) in [4.78, 5) is 9.88. The summed E-state index contributed by atoms with van der Waals surface area (Å²) in [6.45, 7) is 6.00. The molecule has 7 heteroatoms. The molecule has 0 saturated carbocycles. The minimum absolute atomic E-state index is 0.0666. The van der Waals surface area contributed by atoms with E-state index in [0.29, 0.717) is 11.7 Å². The molecule has 0 spiro atoms. The van der Waals surface area contributed by atoms with Crippen LogP contribution in [0.5, 0.6) is 0 Å². The summed E-state index contributed by atoms with van der Waals surface area (Å²) >= 11 is 0. The molecule has 1 fully saturated rings. The van der Waals surface area contributed by atoms with Crippen LogP contribution in [0.3, 0.4) is 0 Å². The Morgan fingerprint density at radius 3 is 2.77 bits per heavy atom. The summed E-state index contributed by atoms with van der Waals surface area (Å²) in [5.74, 6) is 0.184. The van der Waals surface area contributed by atoms with Gasteiger partial charge in [0.1, 0.15) is 5.69 Å². The van der Waals surface area contributed by atoms with Crippen molar-refractivity contribution in [2.45, 2.75) is 44.8 Å². The van der Waals surface area contributed by atoms with Crippen LogP contribution in [0.1, 0.15) is 44.0 Å². The van der Waals surface area contributed by atoms with Crippen LogP contribution in [-0.4, -0.2) is 38.4 Å². The quantitative estimate of drug-likeness (QED) is 0.853. The second-order valence-electron chi connectivity index (χ2n) is 6.09. The van der Waals surface area contributed by atoms with Gasteiger partial charge in [-0.3, -0.25) is 4.40 Å². The highest BCUT2D eigenvalue weighted by Gasteiger charge is 2.35. The van der Waals surface area contributed by atoms with Crippen molar-refractivity contribution in [1.29, 1.82) is 0 Å². The van der Waals surface area contributed by atoms with Crippen LogP contribution in [0.2, 0.25) is 0 Å². The van der Waals surface area contributed by atoms with Gasteiger partial charge in [0.2, 0.25) is 5.78 Å². The third kappa shape index (κ3) is 2.82. The maximum absolute atomic E-state index is 13.1. The van der Waals surface area contributed by atoms with Gasteiger partial charge in [-0.1, -0.05) is 0 Å². The molecule has 0 radical (unpaired) electrons. The maximum atomic E-state index is 13.1. The van der Waals surface area contributed by atoms with E-state index in [0.717, 1.165) is 25.9 Å². The Kier molecular flexibility index (Phi) is 3.84. The summed E-state index contributed by atoms with van der Waals surface area (Å²) in [5.41, 5.74) is -0.206. The van der Waals surface area contributed by atoms with Crippen molar-refractivity contribution < 1.29 is 13.2 Å². The number of nitrogens with zero attached hydrogens (tertiary/aromatic N) is 4. The highest BCUT2D eigenvalue weighted by atomic mass is 19.4. The number of alkyl halides is 3. The average molecular weight is 312 g/mol. The molecular formula is C15H19F3N4. The molecule has 0 aliphatic carbocycles. The van der Waals surface area contributed by atoms with E-state index in [1.165, 1.54) is 12.3 Å². The van der Waals surface area contributed by atoms with Crippen molar-refractivity contribution in [1.82, 2.24) is 19.3 Å². The molecule has 22 heavy (non-hydrogen) atoms. The van der Waals surface area contributed by atoms with E-state index in [9.17, 15) is 13.2 Å². The van der Waals surface area contributed by atoms with E-state index in [1.807, 2.05) is 0 Å². The zero-order valence-electron chi connectivity index (χ0n) is 12.6. The second kappa shape index (κ2) is 5.53. The van der Waals surface area contributed by atoms with Gasteiger partial charge in [-0.15, -0.1) is 0 Å². The first-order chi connectivity index (χ1) is 10.4. The zero-order chi connectivity index (χ0) is 15.9. The Morgan fingerprint density at radius 1 is 1.32 bits per heavy atom. The highest BCUT2D eigenvalue weighted by Crippen LogP contribution is 2.33. The van der Waals surface area contributed by atoms with Crippen LogP contribution in [0.4, 0.5) is 13.2 Å². The summed E-state index contributed by atoms with van der Waals surface area (Å²) in [6, 6.07) is 1.58. The normalized spacial score (nSPS) is 20.9. The number of likely N-dealkylation sites (tertiary alicyclic amines) is 1. The fourth-order valence-corrected chi connectivity index (χ4v) is 3.11. The van der Waals surface area contributed by atoms with Crippen LogP contribution in [0.15, 0.2) is 18.5 Å². The van der Waals surface area contributed by atoms with Crippen molar-refractivity contribution in [3.05, 3.63) is 29.8 Å². The molecule has 4 nitrogen and oxygen atoms in total. The first-order valence-electron chi connectivity index (χ1n) is 7.51. The summed E-state index contributed by atoms with van der Waals surface area (Å²) < 4.78 is 40.9. The van der Waals surface area contributed by atoms with Gasteiger partial charge in [0, 0.05) is 36.6 Å². The number of rotatable bonds is 2. The SMILES string of the molecule is CC(C)N1CCC[C@H](c2cc(C(F)(F)F)nc3nccn23)C1. The smallest absolute Gasteiger partial charge is 0.300 e. The minimum Gasteiger partial charge on any atom is -0.300 e. The van der Waals surface area contributed by atoms with Crippen molar-refractivity contribution in [3.8, 4) is 0 Å². The lowest BCUT2D eigenvalue weighted by molar-refractivity contribution is -0.141. The first-order valence-corrected chi connectivity index (χ1v) is 7.51. The number of piperidine rings is 1. The third-order valence-corrected chi connectivity index (χ3v) is 4.30. The highest BCUT2D eigenvalue weighted by molar-refractivity contribution is 5.35. The molecule has 0 unspecified atom stereocenters. The van der Waals surface area contributed by atoms with Gasteiger partial charge in [-0.2, -0.15) is 13.2 Å². The molecule has 1 aliphatic rings. The Bertz CT molecular complexity index is 662.